The van der Waals surface area contributed by atoms with Crippen molar-refractivity contribution in [3.63, 3.8) is 0 Å². The second kappa shape index (κ2) is 9.23. The number of nitrogens with zero attached hydrogens (tertiary/aromatic N) is 3. The quantitative estimate of drug-likeness (QED) is 0.323. The lowest BCUT2D eigenvalue weighted by molar-refractivity contribution is 0.0930. The zero-order valence-corrected chi connectivity index (χ0v) is 21.6. The molecule has 1 aliphatic heterocycles. The highest BCUT2D eigenvalue weighted by molar-refractivity contribution is 6.10. The summed E-state index contributed by atoms with van der Waals surface area (Å²) < 4.78 is 12.5. The first-order valence-electron chi connectivity index (χ1n) is 12.4. The van der Waals surface area contributed by atoms with Crippen molar-refractivity contribution in [3.8, 4) is 28.8 Å². The Morgan fingerprint density at radius 2 is 1.85 bits per heavy atom. The molecule has 1 atom stereocenters. The van der Waals surface area contributed by atoms with Gasteiger partial charge in [0.05, 0.1) is 24.3 Å². The zero-order valence-electron chi connectivity index (χ0n) is 21.6. The van der Waals surface area contributed by atoms with Crippen LogP contribution in [-0.4, -0.2) is 27.8 Å². The Hall–Kier alpha value is -5.29. The van der Waals surface area contributed by atoms with E-state index in [2.05, 4.69) is 22.2 Å². The molecule has 8 heteroatoms. The lowest BCUT2D eigenvalue weighted by atomic mass is 9.84. The molecule has 6 rings (SSSR count). The smallest absolute Gasteiger partial charge is 0.298 e. The van der Waals surface area contributed by atoms with Crippen molar-refractivity contribution < 1.29 is 14.3 Å². The molecular weight excluding hydrogens is 490 g/mol. The number of aromatic nitrogens is 3. The largest absolute Gasteiger partial charge is 0.497 e. The van der Waals surface area contributed by atoms with Crippen molar-refractivity contribution in [2.24, 2.45) is 5.73 Å². The highest BCUT2D eigenvalue weighted by atomic mass is 16.5. The highest BCUT2D eigenvalue weighted by Gasteiger charge is 2.38. The summed E-state index contributed by atoms with van der Waals surface area (Å²) in [7, 11) is 1.59. The monoisotopic (exact) mass is 515 g/mol. The standard InChI is InChI=1S/C31H25N5O3/c1-17-9-14-24-22(15-17)27(19-7-5-4-6-8-19)28(34-24)30(37)36-31-25(18(2)35-36)26(23(16-32)29(33)39-31)20-10-12-21(38-3)13-11-20/h4-15,26,34H,33H2,1-3H3. The van der Waals surface area contributed by atoms with Crippen LogP contribution in [0, 0.1) is 25.2 Å². The van der Waals surface area contributed by atoms with Gasteiger partial charge in [-0.15, -0.1) is 0 Å². The predicted octanol–water partition coefficient (Wildman–Crippen LogP) is 5.56. The zero-order chi connectivity index (χ0) is 27.3. The van der Waals surface area contributed by atoms with E-state index in [-0.39, 0.29) is 17.3 Å². The van der Waals surface area contributed by atoms with Crippen molar-refractivity contribution in [1.29, 1.82) is 5.26 Å². The van der Waals surface area contributed by atoms with Crippen LogP contribution in [0.2, 0.25) is 0 Å². The molecule has 3 N–H and O–H groups in total. The van der Waals surface area contributed by atoms with Gasteiger partial charge in [-0.1, -0.05) is 54.1 Å². The first-order valence-corrected chi connectivity index (χ1v) is 12.4. The lowest BCUT2D eigenvalue weighted by Crippen LogP contribution is -2.24. The fourth-order valence-corrected chi connectivity index (χ4v) is 5.26. The van der Waals surface area contributed by atoms with E-state index in [9.17, 15) is 10.1 Å². The minimum Gasteiger partial charge on any atom is -0.497 e. The number of H-pyrrole nitrogens is 1. The molecule has 3 heterocycles. The van der Waals surface area contributed by atoms with Gasteiger partial charge in [0.1, 0.15) is 23.1 Å². The molecule has 0 saturated carbocycles. The highest BCUT2D eigenvalue weighted by Crippen LogP contribution is 2.44. The number of hydrogen-bond donors (Lipinski definition) is 2. The molecule has 0 fully saturated rings. The number of nitrogens with two attached hydrogens (primary N) is 1. The number of methoxy groups -OCH3 is 1. The topological polar surface area (TPSA) is 119 Å². The summed E-state index contributed by atoms with van der Waals surface area (Å²) >= 11 is 0. The number of nitriles is 1. The number of ether oxygens (including phenoxy) is 2. The average molecular weight is 516 g/mol. The number of benzene rings is 3. The maximum atomic E-state index is 14.2. The molecule has 0 radical (unpaired) electrons. The van der Waals surface area contributed by atoms with Gasteiger partial charge in [-0.05, 0) is 49.2 Å². The van der Waals surface area contributed by atoms with Crippen LogP contribution < -0.4 is 15.2 Å². The van der Waals surface area contributed by atoms with Crippen LogP contribution in [0.4, 0.5) is 0 Å². The van der Waals surface area contributed by atoms with Crippen LogP contribution in [0.15, 0.2) is 84.3 Å². The fraction of sp³-hybridized carbons (Fsp3) is 0.129. The Bertz CT molecular complexity index is 1820. The number of fused-ring (bicyclic) bond motifs is 2. The Morgan fingerprint density at radius 1 is 1.10 bits per heavy atom. The number of carbonyl (C=O) groups excluding carboxylic acids is 1. The van der Waals surface area contributed by atoms with Gasteiger partial charge in [0.25, 0.3) is 5.91 Å². The molecular formula is C31H25N5O3. The molecule has 1 aliphatic rings. The third-order valence-electron chi connectivity index (χ3n) is 7.10. The van der Waals surface area contributed by atoms with E-state index in [1.165, 1.54) is 4.68 Å². The van der Waals surface area contributed by atoms with Gasteiger partial charge in [-0.3, -0.25) is 4.79 Å². The minimum atomic E-state index is -0.551. The van der Waals surface area contributed by atoms with Crippen LogP contribution in [-0.2, 0) is 0 Å². The van der Waals surface area contributed by atoms with Crippen molar-refractivity contribution in [3.05, 3.63) is 112 Å². The van der Waals surface area contributed by atoms with Crippen LogP contribution in [0.25, 0.3) is 22.0 Å². The molecule has 1 unspecified atom stereocenters. The third-order valence-corrected chi connectivity index (χ3v) is 7.10. The molecule has 39 heavy (non-hydrogen) atoms. The number of aromatic amines is 1. The van der Waals surface area contributed by atoms with Gasteiger partial charge in [0, 0.05) is 16.5 Å². The van der Waals surface area contributed by atoms with Crippen molar-refractivity contribution in [2.45, 2.75) is 19.8 Å². The maximum Gasteiger partial charge on any atom is 0.298 e. The Morgan fingerprint density at radius 3 is 2.54 bits per heavy atom. The molecule has 0 aliphatic carbocycles. The molecule has 5 aromatic rings. The fourth-order valence-electron chi connectivity index (χ4n) is 5.26. The second-order valence-corrected chi connectivity index (χ2v) is 9.51. The summed E-state index contributed by atoms with van der Waals surface area (Å²) in [5.74, 6) is -0.121. The van der Waals surface area contributed by atoms with E-state index in [0.29, 0.717) is 22.7 Å². The molecule has 0 saturated heterocycles. The third kappa shape index (κ3) is 3.83. The molecule has 8 nitrogen and oxygen atoms in total. The minimum absolute atomic E-state index is 0.0599. The maximum absolute atomic E-state index is 14.2. The van der Waals surface area contributed by atoms with E-state index in [1.54, 1.807) is 14.0 Å². The van der Waals surface area contributed by atoms with Gasteiger partial charge >= 0.3 is 0 Å². The number of carbonyl (C=O) groups is 1. The SMILES string of the molecule is COc1ccc(C2C(C#N)=C(N)Oc3c2c(C)nn3C(=O)c2[nH]c3ccc(C)cc3c2-c2ccccc2)cc1. The Labute approximate surface area is 224 Å². The van der Waals surface area contributed by atoms with Crippen molar-refractivity contribution in [2.75, 3.05) is 7.11 Å². The summed E-state index contributed by atoms with van der Waals surface area (Å²) in [5.41, 5.74) is 12.5. The van der Waals surface area contributed by atoms with Crippen LogP contribution >= 0.6 is 0 Å². The van der Waals surface area contributed by atoms with Crippen LogP contribution in [0.1, 0.15) is 38.8 Å². The first-order chi connectivity index (χ1) is 18.9. The van der Waals surface area contributed by atoms with Gasteiger partial charge in [-0.25, -0.2) is 0 Å². The first kappa shape index (κ1) is 24.1. The number of allylic oxidation sites excluding steroid dienone is 1. The van der Waals surface area contributed by atoms with Crippen LogP contribution in [0.3, 0.4) is 0 Å². The second-order valence-electron chi connectivity index (χ2n) is 9.51. The summed E-state index contributed by atoms with van der Waals surface area (Å²) in [6, 6.07) is 25.4. The van der Waals surface area contributed by atoms with Gasteiger partial charge in [0.2, 0.25) is 11.8 Å². The Kier molecular flexibility index (Phi) is 5.69. The molecule has 0 spiro atoms. The number of hydrogen-bond acceptors (Lipinski definition) is 6. The van der Waals surface area contributed by atoms with E-state index in [1.807, 2.05) is 73.7 Å². The van der Waals surface area contributed by atoms with E-state index in [4.69, 9.17) is 15.2 Å². The van der Waals surface area contributed by atoms with Crippen molar-refractivity contribution >= 4 is 16.8 Å². The Balaban J connectivity index is 1.54. The summed E-state index contributed by atoms with van der Waals surface area (Å²) in [4.78, 5) is 17.5. The van der Waals surface area contributed by atoms with Gasteiger partial charge < -0.3 is 20.2 Å². The number of nitrogens with one attached hydrogen (secondary N) is 1. The molecule has 0 bridgehead atoms. The summed E-state index contributed by atoms with van der Waals surface area (Å²) in [6.07, 6.45) is 0. The summed E-state index contributed by atoms with van der Waals surface area (Å²) in [6.45, 7) is 3.82. The number of aryl methyl sites for hydroxylation is 2. The number of rotatable bonds is 4. The van der Waals surface area contributed by atoms with E-state index in [0.717, 1.165) is 33.2 Å². The average Bonchev–Trinajstić information content (AvgIpc) is 3.49. The van der Waals surface area contributed by atoms with Crippen molar-refractivity contribution in [1.82, 2.24) is 14.8 Å². The lowest BCUT2D eigenvalue weighted by Gasteiger charge is -2.24. The normalized spacial score (nSPS) is 14.6. The van der Waals surface area contributed by atoms with E-state index < -0.39 is 11.8 Å². The summed E-state index contributed by atoms with van der Waals surface area (Å²) in [5, 5.41) is 15.5. The molecule has 2 aromatic heterocycles. The van der Waals surface area contributed by atoms with Crippen LogP contribution in [0.5, 0.6) is 11.6 Å². The van der Waals surface area contributed by atoms with Gasteiger partial charge in [0.15, 0.2) is 0 Å². The van der Waals surface area contributed by atoms with E-state index >= 15 is 0 Å². The molecule has 3 aromatic carbocycles. The van der Waals surface area contributed by atoms with Gasteiger partial charge in [-0.2, -0.15) is 15.0 Å². The molecule has 0 amide bonds. The predicted molar refractivity (Wildman–Crippen MR) is 147 cm³/mol. The molecule has 192 valence electrons.